The van der Waals surface area contributed by atoms with Crippen molar-refractivity contribution in [2.45, 2.75) is 15.8 Å². The second-order valence-electron chi connectivity index (χ2n) is 7.33. The van der Waals surface area contributed by atoms with Gasteiger partial charge in [-0.2, -0.15) is 10.2 Å². The van der Waals surface area contributed by atoms with Gasteiger partial charge in [0.05, 0.1) is 14.2 Å². The highest BCUT2D eigenvalue weighted by molar-refractivity contribution is 8.02. The average molecular weight is 462 g/mol. The Morgan fingerprint density at radius 1 is 0.788 bits per heavy atom. The molecule has 3 aromatic rings. The van der Waals surface area contributed by atoms with Crippen molar-refractivity contribution in [2.75, 3.05) is 19.5 Å². The highest BCUT2D eigenvalue weighted by Gasteiger charge is 2.62. The van der Waals surface area contributed by atoms with Crippen LogP contribution in [0, 0.1) is 0 Å². The summed E-state index contributed by atoms with van der Waals surface area (Å²) in [5.41, 5.74) is 2.27. The molecule has 2 atom stereocenters. The van der Waals surface area contributed by atoms with E-state index in [9.17, 15) is 9.59 Å². The molecule has 168 valence electrons. The fourth-order valence-corrected chi connectivity index (χ4v) is 5.30. The van der Waals surface area contributed by atoms with Crippen LogP contribution in [0.3, 0.4) is 0 Å². The van der Waals surface area contributed by atoms with Crippen molar-refractivity contribution in [3.63, 3.8) is 0 Å². The van der Waals surface area contributed by atoms with Gasteiger partial charge >= 0.3 is 11.9 Å². The number of methoxy groups -OCH3 is 2. The maximum atomic E-state index is 13.3. The lowest BCUT2D eigenvalue weighted by atomic mass is 9.99. The van der Waals surface area contributed by atoms with Crippen LogP contribution in [-0.4, -0.2) is 37.1 Å². The molecule has 1 heterocycles. The maximum absolute atomic E-state index is 13.3. The Kier molecular flexibility index (Phi) is 6.46. The Morgan fingerprint density at radius 2 is 1.30 bits per heavy atom. The number of benzene rings is 3. The van der Waals surface area contributed by atoms with Crippen LogP contribution >= 0.6 is 11.8 Å². The summed E-state index contributed by atoms with van der Waals surface area (Å²) in [4.78, 5) is 23.5. The summed E-state index contributed by atoms with van der Waals surface area (Å²) >= 11 is 1.14. The minimum absolute atomic E-state index is 0.629. The van der Waals surface area contributed by atoms with Crippen LogP contribution in [0.1, 0.15) is 11.1 Å². The van der Waals surface area contributed by atoms with Gasteiger partial charge in [0.2, 0.25) is 0 Å². The minimum Gasteiger partial charge on any atom is -0.467 e. The number of anilines is 1. The van der Waals surface area contributed by atoms with E-state index < -0.39 is 27.7 Å². The van der Waals surface area contributed by atoms with Crippen LogP contribution in [0.2, 0.25) is 0 Å². The number of rotatable bonds is 7. The molecule has 1 aliphatic heterocycles. The SMILES string of the molecule is COC(=O)C(Nc1ccccc1)C1(C(=O)OC)N=NC(c2ccccc2)(c2ccccc2)S1. The number of hydrogen-bond acceptors (Lipinski definition) is 8. The molecule has 1 aliphatic rings. The normalized spacial score (nSPS) is 19.5. The van der Waals surface area contributed by atoms with Crippen LogP contribution < -0.4 is 5.32 Å². The molecular weight excluding hydrogens is 438 g/mol. The van der Waals surface area contributed by atoms with Gasteiger partial charge in [-0.15, -0.1) is 0 Å². The number of azo groups is 1. The van der Waals surface area contributed by atoms with Crippen LogP contribution in [-0.2, 0) is 23.9 Å². The van der Waals surface area contributed by atoms with E-state index in [4.69, 9.17) is 9.47 Å². The Labute approximate surface area is 196 Å². The number of nitrogens with one attached hydrogen (secondary N) is 1. The van der Waals surface area contributed by atoms with Gasteiger partial charge in [0.25, 0.3) is 4.87 Å². The van der Waals surface area contributed by atoms with Crippen molar-refractivity contribution in [3.05, 3.63) is 102 Å². The van der Waals surface area contributed by atoms with Crippen LogP contribution in [0.4, 0.5) is 5.69 Å². The van der Waals surface area contributed by atoms with E-state index in [1.54, 1.807) is 12.1 Å². The Morgan fingerprint density at radius 3 is 1.79 bits per heavy atom. The monoisotopic (exact) mass is 461 g/mol. The molecule has 8 heteroatoms. The number of hydrogen-bond donors (Lipinski definition) is 1. The van der Waals surface area contributed by atoms with E-state index in [1.165, 1.54) is 14.2 Å². The topological polar surface area (TPSA) is 89.3 Å². The fourth-order valence-electron chi connectivity index (χ4n) is 3.74. The average Bonchev–Trinajstić information content (AvgIpc) is 3.31. The molecule has 0 fully saturated rings. The third-order valence-electron chi connectivity index (χ3n) is 5.36. The predicted octanol–water partition coefficient (Wildman–Crippen LogP) is 4.61. The van der Waals surface area contributed by atoms with Crippen LogP contribution in [0.15, 0.2) is 101 Å². The largest absolute Gasteiger partial charge is 0.467 e. The van der Waals surface area contributed by atoms with Gasteiger partial charge in [-0.1, -0.05) is 90.6 Å². The quantitative estimate of drug-likeness (QED) is 0.517. The van der Waals surface area contributed by atoms with Gasteiger partial charge in [-0.3, -0.25) is 0 Å². The summed E-state index contributed by atoms with van der Waals surface area (Å²) < 4.78 is 10.2. The number of carbonyl (C=O) groups is 2. The van der Waals surface area contributed by atoms with Gasteiger partial charge in [-0.25, -0.2) is 9.59 Å². The lowest BCUT2D eigenvalue weighted by Gasteiger charge is -2.33. The molecule has 4 rings (SSSR count). The number of thioether (sulfide) groups is 1. The molecule has 0 saturated carbocycles. The smallest absolute Gasteiger partial charge is 0.349 e. The predicted molar refractivity (Wildman–Crippen MR) is 127 cm³/mol. The first kappa shape index (κ1) is 22.5. The Bertz CT molecular complexity index is 1100. The number of para-hydroxylation sites is 1. The molecule has 7 nitrogen and oxygen atoms in total. The minimum atomic E-state index is -1.73. The van der Waals surface area contributed by atoms with Gasteiger partial charge in [0, 0.05) is 5.69 Å². The van der Waals surface area contributed by atoms with Crippen molar-refractivity contribution in [1.29, 1.82) is 0 Å². The van der Waals surface area contributed by atoms with E-state index >= 15 is 0 Å². The van der Waals surface area contributed by atoms with Crippen molar-refractivity contribution in [1.82, 2.24) is 0 Å². The maximum Gasteiger partial charge on any atom is 0.349 e. The molecule has 3 aromatic carbocycles. The van der Waals surface area contributed by atoms with E-state index in [1.807, 2.05) is 78.9 Å². The fraction of sp³-hybridized carbons (Fsp3) is 0.200. The van der Waals surface area contributed by atoms with E-state index in [0.29, 0.717) is 5.69 Å². The Hall–Kier alpha value is -3.65. The van der Waals surface area contributed by atoms with Crippen molar-refractivity contribution in [3.8, 4) is 0 Å². The number of ether oxygens (including phenoxy) is 2. The van der Waals surface area contributed by atoms with Crippen LogP contribution in [0.5, 0.6) is 0 Å². The second-order valence-corrected chi connectivity index (χ2v) is 8.75. The molecule has 33 heavy (non-hydrogen) atoms. The summed E-state index contributed by atoms with van der Waals surface area (Å²) in [7, 11) is 2.54. The summed E-state index contributed by atoms with van der Waals surface area (Å²) in [5.74, 6) is -1.36. The first-order valence-corrected chi connectivity index (χ1v) is 11.1. The lowest BCUT2D eigenvalue weighted by Crippen LogP contribution is -2.54. The summed E-state index contributed by atoms with van der Waals surface area (Å²) in [6, 6.07) is 27.0. The first-order chi connectivity index (χ1) is 16.1. The molecule has 0 radical (unpaired) electrons. The summed E-state index contributed by atoms with van der Waals surface area (Å²) in [5, 5.41) is 12.2. The number of esters is 2. The zero-order chi connectivity index (χ0) is 23.3. The molecule has 0 aliphatic carbocycles. The van der Waals surface area contributed by atoms with E-state index in [-0.39, 0.29) is 0 Å². The number of nitrogens with zero attached hydrogens (tertiary/aromatic N) is 2. The standard InChI is InChI=1S/C25H23N3O4S/c1-31-22(29)21(26-20-16-10-5-11-17-20)25(23(30)32-2)28-27-24(33-25,18-12-6-3-7-13-18)19-14-8-4-9-15-19/h3-17,21,26H,1-2H3. The zero-order valence-electron chi connectivity index (χ0n) is 18.2. The van der Waals surface area contributed by atoms with Crippen molar-refractivity contribution < 1.29 is 19.1 Å². The molecule has 0 saturated heterocycles. The summed E-state index contributed by atoms with van der Waals surface area (Å²) in [6.07, 6.45) is 0. The van der Waals surface area contributed by atoms with Crippen LogP contribution in [0.25, 0.3) is 0 Å². The van der Waals surface area contributed by atoms with Crippen molar-refractivity contribution in [2.24, 2.45) is 10.2 Å². The molecule has 0 spiro atoms. The van der Waals surface area contributed by atoms with Gasteiger partial charge in [-0.05, 0) is 23.3 Å². The highest BCUT2D eigenvalue weighted by Crippen LogP contribution is 2.57. The molecule has 0 bridgehead atoms. The van der Waals surface area contributed by atoms with Gasteiger partial charge in [0.1, 0.15) is 0 Å². The third-order valence-corrected chi connectivity index (χ3v) is 7.01. The van der Waals surface area contributed by atoms with E-state index in [2.05, 4.69) is 15.5 Å². The molecule has 0 aromatic heterocycles. The number of carbonyl (C=O) groups excluding carboxylic acids is 2. The lowest BCUT2D eigenvalue weighted by molar-refractivity contribution is -0.150. The van der Waals surface area contributed by atoms with E-state index in [0.717, 1.165) is 22.9 Å². The van der Waals surface area contributed by atoms with Gasteiger partial charge < -0.3 is 14.8 Å². The van der Waals surface area contributed by atoms with Gasteiger partial charge in [0.15, 0.2) is 10.9 Å². The highest BCUT2D eigenvalue weighted by atomic mass is 32.2. The molecule has 1 N–H and O–H groups in total. The molecular formula is C25H23N3O4S. The van der Waals surface area contributed by atoms with Crippen molar-refractivity contribution >= 4 is 29.4 Å². The second kappa shape index (κ2) is 9.46. The summed E-state index contributed by atoms with van der Waals surface area (Å²) in [6.45, 7) is 0. The Balaban J connectivity index is 1.87. The first-order valence-electron chi connectivity index (χ1n) is 10.3. The molecule has 0 amide bonds. The third kappa shape index (κ3) is 4.09. The zero-order valence-corrected chi connectivity index (χ0v) is 19.0. The molecule has 2 unspecified atom stereocenters.